The predicted molar refractivity (Wildman–Crippen MR) is 141 cm³/mol. The van der Waals surface area contributed by atoms with Gasteiger partial charge in [-0.1, -0.05) is 23.4 Å². The average molecular weight is 509 g/mol. The van der Waals surface area contributed by atoms with Crippen LogP contribution in [-0.2, 0) is 19.5 Å². The lowest BCUT2D eigenvalue weighted by atomic mass is 10.00. The van der Waals surface area contributed by atoms with Crippen molar-refractivity contribution in [2.75, 3.05) is 0 Å². The minimum Gasteiger partial charge on any atom is -0.508 e. The lowest BCUT2D eigenvalue weighted by Gasteiger charge is -2.05. The SMILES string of the molecule is O=C(NCc1ccccn1)c1cn(CCCCc2cc3c(-c4ccc(O)cc4)c(C4CC4)[nH]c3nn2)nn1. The Morgan fingerprint density at radius 3 is 2.71 bits per heavy atom. The number of rotatable bonds is 10. The number of fused-ring (bicyclic) bond motifs is 1. The van der Waals surface area contributed by atoms with Crippen molar-refractivity contribution in [3.63, 3.8) is 0 Å². The third kappa shape index (κ3) is 5.24. The summed E-state index contributed by atoms with van der Waals surface area (Å²) in [5.41, 5.74) is 6.26. The molecule has 0 radical (unpaired) electrons. The number of carbonyl (C=O) groups is 1. The van der Waals surface area contributed by atoms with Gasteiger partial charge < -0.3 is 15.4 Å². The molecular weight excluding hydrogens is 480 g/mol. The normalized spacial score (nSPS) is 13.2. The lowest BCUT2D eigenvalue weighted by Crippen LogP contribution is -2.23. The highest BCUT2D eigenvalue weighted by Crippen LogP contribution is 2.46. The zero-order valence-electron chi connectivity index (χ0n) is 20.8. The number of aromatic hydroxyl groups is 1. The van der Waals surface area contributed by atoms with Gasteiger partial charge in [0.1, 0.15) is 5.75 Å². The van der Waals surface area contributed by atoms with Crippen molar-refractivity contribution in [1.29, 1.82) is 0 Å². The Balaban J connectivity index is 1.07. The Labute approximate surface area is 219 Å². The van der Waals surface area contributed by atoms with E-state index in [1.54, 1.807) is 29.2 Å². The highest BCUT2D eigenvalue weighted by Gasteiger charge is 2.30. The highest BCUT2D eigenvalue weighted by molar-refractivity contribution is 5.96. The largest absolute Gasteiger partial charge is 0.508 e. The number of phenolic OH excluding ortho intramolecular Hbond substituents is 1. The Kier molecular flexibility index (Phi) is 6.51. The molecule has 6 rings (SSSR count). The summed E-state index contributed by atoms with van der Waals surface area (Å²) >= 11 is 0. The summed E-state index contributed by atoms with van der Waals surface area (Å²) in [7, 11) is 0. The second kappa shape index (κ2) is 10.4. The average Bonchev–Trinajstić information content (AvgIpc) is 3.56. The molecule has 1 fully saturated rings. The molecule has 0 spiro atoms. The maximum absolute atomic E-state index is 12.4. The lowest BCUT2D eigenvalue weighted by molar-refractivity contribution is 0.0945. The van der Waals surface area contributed by atoms with Crippen molar-refractivity contribution in [2.24, 2.45) is 0 Å². The molecule has 1 amide bonds. The molecule has 5 aromatic rings. The van der Waals surface area contributed by atoms with Crippen LogP contribution in [0.4, 0.5) is 0 Å². The van der Waals surface area contributed by atoms with Gasteiger partial charge in [0.15, 0.2) is 11.3 Å². The minimum absolute atomic E-state index is 0.256. The van der Waals surface area contributed by atoms with Crippen LogP contribution in [0.1, 0.15) is 59.2 Å². The first-order valence-electron chi connectivity index (χ1n) is 12.9. The van der Waals surface area contributed by atoms with Crippen molar-refractivity contribution in [2.45, 2.75) is 51.1 Å². The molecule has 0 unspecified atom stereocenters. The molecule has 0 saturated heterocycles. The molecule has 0 atom stereocenters. The Bertz CT molecular complexity index is 1560. The van der Waals surface area contributed by atoms with Crippen LogP contribution in [0.25, 0.3) is 22.2 Å². The van der Waals surface area contributed by atoms with Crippen LogP contribution < -0.4 is 5.32 Å². The Morgan fingerprint density at radius 2 is 1.92 bits per heavy atom. The number of carbonyl (C=O) groups excluding carboxylic acids is 1. The van der Waals surface area contributed by atoms with E-state index in [9.17, 15) is 9.90 Å². The summed E-state index contributed by atoms with van der Waals surface area (Å²) in [6.07, 6.45) is 8.26. The smallest absolute Gasteiger partial charge is 0.273 e. The fourth-order valence-corrected chi connectivity index (χ4v) is 4.65. The Hall–Kier alpha value is -4.60. The van der Waals surface area contributed by atoms with Gasteiger partial charge in [-0.15, -0.1) is 10.2 Å². The molecule has 4 aromatic heterocycles. The van der Waals surface area contributed by atoms with E-state index in [4.69, 9.17) is 0 Å². The summed E-state index contributed by atoms with van der Waals surface area (Å²) in [5.74, 6) is 0.514. The zero-order chi connectivity index (χ0) is 25.9. The van der Waals surface area contributed by atoms with E-state index in [0.29, 0.717) is 19.0 Å². The van der Waals surface area contributed by atoms with Gasteiger partial charge in [0.25, 0.3) is 5.91 Å². The number of aryl methyl sites for hydroxylation is 2. The number of H-pyrrole nitrogens is 1. The van der Waals surface area contributed by atoms with E-state index in [1.165, 1.54) is 18.5 Å². The first-order valence-corrected chi connectivity index (χ1v) is 12.9. The Morgan fingerprint density at radius 1 is 1.05 bits per heavy atom. The first kappa shape index (κ1) is 23.8. The molecule has 10 heteroatoms. The number of pyridine rings is 1. The summed E-state index contributed by atoms with van der Waals surface area (Å²) < 4.78 is 1.70. The second-order valence-electron chi connectivity index (χ2n) is 9.66. The van der Waals surface area contributed by atoms with E-state index in [1.807, 2.05) is 30.3 Å². The van der Waals surface area contributed by atoms with Gasteiger partial charge in [0.2, 0.25) is 0 Å². The maximum Gasteiger partial charge on any atom is 0.273 e. The van der Waals surface area contributed by atoms with Crippen LogP contribution in [0.2, 0.25) is 0 Å². The molecule has 38 heavy (non-hydrogen) atoms. The fraction of sp³-hybridized carbons (Fsp3) is 0.286. The van der Waals surface area contributed by atoms with Gasteiger partial charge in [0.05, 0.1) is 24.1 Å². The molecule has 1 aliphatic carbocycles. The number of nitrogens with zero attached hydrogens (tertiary/aromatic N) is 6. The number of aromatic amines is 1. The van der Waals surface area contributed by atoms with Crippen LogP contribution in [0, 0.1) is 0 Å². The van der Waals surface area contributed by atoms with Crippen LogP contribution >= 0.6 is 0 Å². The standard InChI is InChI=1S/C28H28N8O2/c37-22-11-9-18(10-12-22)25-23-15-20(32-34-27(23)31-26(25)19-7-8-19)5-2-4-14-36-17-24(33-35-36)28(38)30-16-21-6-1-3-13-29-21/h1,3,6,9-13,15,17,19,37H,2,4-5,7-8,14,16H2,(H,30,38)(H,31,34). The van der Waals surface area contributed by atoms with Crippen molar-refractivity contribution in [3.05, 3.63) is 83.7 Å². The van der Waals surface area contributed by atoms with Crippen molar-refractivity contribution in [1.82, 2.24) is 40.5 Å². The van der Waals surface area contributed by atoms with Gasteiger partial charge in [-0.05, 0) is 73.9 Å². The van der Waals surface area contributed by atoms with E-state index >= 15 is 0 Å². The summed E-state index contributed by atoms with van der Waals surface area (Å²) in [5, 5.41) is 30.7. The van der Waals surface area contributed by atoms with Gasteiger partial charge in [-0.25, -0.2) is 0 Å². The zero-order valence-corrected chi connectivity index (χ0v) is 20.8. The molecule has 0 aliphatic heterocycles. The highest BCUT2D eigenvalue weighted by atomic mass is 16.3. The molecule has 0 bridgehead atoms. The quantitative estimate of drug-likeness (QED) is 0.241. The van der Waals surface area contributed by atoms with Crippen LogP contribution in [0.5, 0.6) is 5.75 Å². The van der Waals surface area contributed by atoms with Crippen LogP contribution in [0.15, 0.2) is 60.9 Å². The summed E-state index contributed by atoms with van der Waals surface area (Å²) in [4.78, 5) is 20.1. The summed E-state index contributed by atoms with van der Waals surface area (Å²) in [6.45, 7) is 1.00. The molecule has 4 heterocycles. The summed E-state index contributed by atoms with van der Waals surface area (Å²) in [6, 6.07) is 15.1. The van der Waals surface area contributed by atoms with Gasteiger partial charge in [-0.3, -0.25) is 14.5 Å². The number of amides is 1. The van der Waals surface area contributed by atoms with Crippen LogP contribution in [0.3, 0.4) is 0 Å². The second-order valence-corrected chi connectivity index (χ2v) is 9.66. The number of aromatic nitrogens is 7. The number of phenols is 1. The fourth-order valence-electron chi connectivity index (χ4n) is 4.65. The predicted octanol–water partition coefficient (Wildman–Crippen LogP) is 4.15. The number of unbranched alkanes of at least 4 members (excludes halogenated alkanes) is 1. The molecule has 1 aliphatic rings. The van der Waals surface area contributed by atoms with Crippen molar-refractivity contribution < 1.29 is 9.90 Å². The third-order valence-corrected chi connectivity index (χ3v) is 6.78. The number of nitrogens with one attached hydrogen (secondary N) is 2. The van der Waals surface area contributed by atoms with Gasteiger partial charge in [-0.2, -0.15) is 5.10 Å². The molecule has 1 aromatic carbocycles. The van der Waals surface area contributed by atoms with E-state index in [0.717, 1.165) is 52.8 Å². The number of hydrogen-bond acceptors (Lipinski definition) is 7. The van der Waals surface area contributed by atoms with E-state index < -0.39 is 0 Å². The topological polar surface area (TPSA) is 134 Å². The van der Waals surface area contributed by atoms with E-state index in [-0.39, 0.29) is 17.4 Å². The van der Waals surface area contributed by atoms with Gasteiger partial charge in [0, 0.05) is 29.4 Å². The minimum atomic E-state index is -0.271. The molecule has 192 valence electrons. The number of benzene rings is 1. The number of hydrogen-bond donors (Lipinski definition) is 3. The molecule has 10 nitrogen and oxygen atoms in total. The van der Waals surface area contributed by atoms with Crippen LogP contribution in [-0.4, -0.2) is 46.2 Å². The molecule has 1 saturated carbocycles. The first-order chi connectivity index (χ1) is 18.6. The molecular formula is C28H28N8O2. The molecule has 3 N–H and O–H groups in total. The monoisotopic (exact) mass is 508 g/mol. The van der Waals surface area contributed by atoms with E-state index in [2.05, 4.69) is 41.9 Å². The maximum atomic E-state index is 12.4. The van der Waals surface area contributed by atoms with Crippen molar-refractivity contribution in [3.8, 4) is 16.9 Å². The third-order valence-electron chi connectivity index (χ3n) is 6.78. The van der Waals surface area contributed by atoms with Gasteiger partial charge >= 0.3 is 0 Å². The van der Waals surface area contributed by atoms with Crippen molar-refractivity contribution >= 4 is 16.9 Å².